The van der Waals surface area contributed by atoms with Crippen molar-refractivity contribution in [3.8, 4) is 17.2 Å². The van der Waals surface area contributed by atoms with Gasteiger partial charge in [0.05, 0.1) is 20.3 Å². The lowest BCUT2D eigenvalue weighted by molar-refractivity contribution is -0.131. The van der Waals surface area contributed by atoms with E-state index in [1.54, 1.807) is 39.3 Å². The van der Waals surface area contributed by atoms with E-state index < -0.39 is 12.0 Å². The first-order valence-electron chi connectivity index (χ1n) is 10.9. The zero-order valence-electron chi connectivity index (χ0n) is 19.6. The van der Waals surface area contributed by atoms with Crippen LogP contribution in [0.2, 0.25) is 5.02 Å². The normalized spacial score (nSPS) is 14.9. The van der Waals surface area contributed by atoms with E-state index in [4.69, 9.17) is 25.8 Å². The van der Waals surface area contributed by atoms with Gasteiger partial charge in [0, 0.05) is 29.6 Å². The third-order valence-electron chi connectivity index (χ3n) is 6.10. The number of halogens is 1. The van der Waals surface area contributed by atoms with Crippen molar-refractivity contribution in [3.05, 3.63) is 87.4 Å². The van der Waals surface area contributed by atoms with Crippen molar-refractivity contribution >= 4 is 23.5 Å². The lowest BCUT2D eigenvalue weighted by Gasteiger charge is -2.39. The number of methoxy groups -OCH3 is 2. The summed E-state index contributed by atoms with van der Waals surface area (Å²) in [4.78, 5) is 27.3. The molecule has 0 radical (unpaired) electrons. The van der Waals surface area contributed by atoms with Crippen molar-refractivity contribution in [3.63, 3.8) is 0 Å². The van der Waals surface area contributed by atoms with E-state index in [1.165, 1.54) is 6.92 Å². The summed E-state index contributed by atoms with van der Waals surface area (Å²) in [5.74, 6) is 0.993. The molecule has 1 aliphatic rings. The number of esters is 1. The molecule has 0 fully saturated rings. The Morgan fingerprint density at radius 3 is 2.32 bits per heavy atom. The summed E-state index contributed by atoms with van der Waals surface area (Å²) in [5.41, 5.74) is 3.90. The fourth-order valence-electron chi connectivity index (χ4n) is 4.46. The molecule has 1 aliphatic heterocycles. The Bertz CT molecular complexity index is 1260. The maximum absolute atomic E-state index is 13.9. The average Bonchev–Trinajstić information content (AvgIpc) is 2.83. The van der Waals surface area contributed by atoms with Crippen LogP contribution in [0.4, 0.5) is 0 Å². The number of amides is 1. The molecule has 1 heterocycles. The third kappa shape index (κ3) is 4.33. The summed E-state index contributed by atoms with van der Waals surface area (Å²) in [7, 11) is 3.19. The number of hydrogen-bond acceptors (Lipinski definition) is 5. The summed E-state index contributed by atoms with van der Waals surface area (Å²) in [6, 6.07) is 16.1. The Kier molecular flexibility index (Phi) is 6.80. The first kappa shape index (κ1) is 23.6. The smallest absolute Gasteiger partial charge is 0.308 e. The Morgan fingerprint density at radius 1 is 0.941 bits per heavy atom. The molecular weight excluding hydrogens is 454 g/mol. The van der Waals surface area contributed by atoms with Crippen LogP contribution in [0.1, 0.15) is 45.6 Å². The summed E-state index contributed by atoms with van der Waals surface area (Å²) in [6.07, 6.45) is 0.644. The number of benzene rings is 3. The van der Waals surface area contributed by atoms with Gasteiger partial charge in [-0.2, -0.15) is 0 Å². The van der Waals surface area contributed by atoms with Gasteiger partial charge in [-0.25, -0.2) is 0 Å². The van der Waals surface area contributed by atoms with E-state index in [9.17, 15) is 9.59 Å². The molecule has 0 bridgehead atoms. The summed E-state index contributed by atoms with van der Waals surface area (Å²) >= 11 is 6.63. The molecule has 0 aromatic heterocycles. The van der Waals surface area contributed by atoms with E-state index in [1.807, 2.05) is 41.3 Å². The minimum atomic E-state index is -0.436. The highest BCUT2D eigenvalue weighted by atomic mass is 35.5. The molecule has 1 atom stereocenters. The fourth-order valence-corrected chi connectivity index (χ4v) is 4.70. The van der Waals surface area contributed by atoms with Crippen LogP contribution in [0.5, 0.6) is 17.2 Å². The topological polar surface area (TPSA) is 65.1 Å². The number of ether oxygens (including phenoxy) is 3. The first-order valence-corrected chi connectivity index (χ1v) is 11.3. The van der Waals surface area contributed by atoms with Gasteiger partial charge in [0.2, 0.25) is 0 Å². The highest BCUT2D eigenvalue weighted by molar-refractivity contribution is 6.31. The monoisotopic (exact) mass is 479 g/mol. The van der Waals surface area contributed by atoms with Crippen molar-refractivity contribution in [2.75, 3.05) is 20.8 Å². The Labute approximate surface area is 204 Å². The maximum Gasteiger partial charge on any atom is 0.308 e. The number of hydrogen-bond donors (Lipinski definition) is 0. The minimum Gasteiger partial charge on any atom is -0.493 e. The van der Waals surface area contributed by atoms with Gasteiger partial charge in [-0.3, -0.25) is 9.59 Å². The molecule has 0 aliphatic carbocycles. The second kappa shape index (κ2) is 9.77. The van der Waals surface area contributed by atoms with Gasteiger partial charge >= 0.3 is 5.97 Å². The Hall–Kier alpha value is -3.51. The van der Waals surface area contributed by atoms with Crippen LogP contribution in [0.15, 0.2) is 54.6 Å². The molecule has 0 N–H and O–H groups in total. The second-order valence-corrected chi connectivity index (χ2v) is 8.51. The first-order chi connectivity index (χ1) is 16.3. The van der Waals surface area contributed by atoms with Crippen molar-refractivity contribution in [1.29, 1.82) is 0 Å². The number of nitrogens with zero attached hydrogens (tertiary/aromatic N) is 1. The molecule has 0 saturated carbocycles. The highest BCUT2D eigenvalue weighted by Gasteiger charge is 2.35. The molecule has 7 heteroatoms. The molecule has 176 valence electrons. The molecule has 0 unspecified atom stereocenters. The zero-order valence-corrected chi connectivity index (χ0v) is 20.3. The van der Waals surface area contributed by atoms with Crippen LogP contribution in [-0.2, 0) is 11.2 Å². The number of carbonyl (C=O) groups excluding carboxylic acids is 2. The molecule has 3 aromatic carbocycles. The van der Waals surface area contributed by atoms with Crippen LogP contribution in [0.3, 0.4) is 0 Å². The van der Waals surface area contributed by atoms with Crippen LogP contribution < -0.4 is 14.2 Å². The van der Waals surface area contributed by atoms with Crippen molar-refractivity contribution in [2.45, 2.75) is 26.3 Å². The second-order valence-electron chi connectivity index (χ2n) is 8.10. The molecule has 34 heavy (non-hydrogen) atoms. The minimum absolute atomic E-state index is 0.170. The van der Waals surface area contributed by atoms with Gasteiger partial charge in [-0.1, -0.05) is 35.9 Å². The standard InChI is InChI=1S/C27H26ClNO5/c1-16-19(9-7-11-23(16)34-17(2)30)27(31)29-13-12-18-14-24(32-3)25(33-4)15-21(18)26(29)20-8-5-6-10-22(20)28/h5-11,14-15,26H,12-13H2,1-4H3/t26-/m0/s1. The van der Waals surface area contributed by atoms with Gasteiger partial charge in [0.1, 0.15) is 5.75 Å². The van der Waals surface area contributed by atoms with E-state index >= 15 is 0 Å². The predicted octanol–water partition coefficient (Wildman–Crippen LogP) is 5.38. The average molecular weight is 480 g/mol. The Morgan fingerprint density at radius 2 is 1.65 bits per heavy atom. The van der Waals surface area contributed by atoms with Gasteiger partial charge in [0.15, 0.2) is 11.5 Å². The SMILES string of the molecule is COc1cc2c(cc1OC)[C@H](c1ccccc1Cl)N(C(=O)c1cccc(OC(C)=O)c1C)CC2. The van der Waals surface area contributed by atoms with Crippen molar-refractivity contribution < 1.29 is 23.8 Å². The number of fused-ring (bicyclic) bond motifs is 1. The molecule has 3 aromatic rings. The lowest BCUT2D eigenvalue weighted by Crippen LogP contribution is -2.41. The third-order valence-corrected chi connectivity index (χ3v) is 6.45. The molecular formula is C27H26ClNO5. The van der Waals surface area contributed by atoms with E-state index in [2.05, 4.69) is 0 Å². The molecule has 4 rings (SSSR count). The van der Waals surface area contributed by atoms with Crippen LogP contribution >= 0.6 is 11.6 Å². The lowest BCUT2D eigenvalue weighted by atomic mass is 9.87. The number of carbonyl (C=O) groups is 2. The summed E-state index contributed by atoms with van der Waals surface area (Å²) in [5, 5.41) is 0.568. The summed E-state index contributed by atoms with van der Waals surface area (Å²) < 4.78 is 16.4. The fraction of sp³-hybridized carbons (Fsp3) is 0.259. The van der Waals surface area contributed by atoms with Crippen LogP contribution in [0.25, 0.3) is 0 Å². The highest BCUT2D eigenvalue weighted by Crippen LogP contribution is 2.43. The van der Waals surface area contributed by atoms with Crippen LogP contribution in [-0.4, -0.2) is 37.5 Å². The zero-order chi connectivity index (χ0) is 24.4. The molecule has 6 nitrogen and oxygen atoms in total. The maximum atomic E-state index is 13.9. The van der Waals surface area contributed by atoms with Crippen molar-refractivity contribution in [2.24, 2.45) is 0 Å². The van der Waals surface area contributed by atoms with Gasteiger partial charge in [0.25, 0.3) is 5.91 Å². The number of rotatable bonds is 5. The van der Waals surface area contributed by atoms with Gasteiger partial charge in [-0.05, 0) is 60.4 Å². The largest absolute Gasteiger partial charge is 0.493 e. The van der Waals surface area contributed by atoms with Crippen molar-refractivity contribution in [1.82, 2.24) is 4.90 Å². The van der Waals surface area contributed by atoms with E-state index in [-0.39, 0.29) is 5.91 Å². The van der Waals surface area contributed by atoms with Gasteiger partial charge < -0.3 is 19.1 Å². The molecule has 1 amide bonds. The predicted molar refractivity (Wildman–Crippen MR) is 130 cm³/mol. The quantitative estimate of drug-likeness (QED) is 0.363. The van der Waals surface area contributed by atoms with E-state index in [0.717, 1.165) is 16.7 Å². The Balaban J connectivity index is 1.86. The molecule has 0 spiro atoms. The molecule has 0 saturated heterocycles. The summed E-state index contributed by atoms with van der Waals surface area (Å²) in [6.45, 7) is 3.60. The van der Waals surface area contributed by atoms with Crippen LogP contribution in [0, 0.1) is 6.92 Å². The van der Waals surface area contributed by atoms with Gasteiger partial charge in [-0.15, -0.1) is 0 Å². The van der Waals surface area contributed by atoms with E-state index in [0.29, 0.717) is 46.4 Å².